The first-order valence-electron chi connectivity index (χ1n) is 5.68. The van der Waals surface area contributed by atoms with Crippen molar-refractivity contribution >= 4 is 5.97 Å². The molecule has 1 saturated carbocycles. The number of carboxylic acids is 1. The van der Waals surface area contributed by atoms with Crippen LogP contribution in [0.4, 0.5) is 0 Å². The zero-order valence-electron chi connectivity index (χ0n) is 9.11. The van der Waals surface area contributed by atoms with E-state index in [4.69, 9.17) is 4.74 Å². The first-order valence-corrected chi connectivity index (χ1v) is 5.68. The lowest BCUT2D eigenvalue weighted by molar-refractivity contribution is -0.152. The molecule has 2 bridgehead atoms. The molecule has 3 atom stereocenters. The molecule has 2 aliphatic rings. The van der Waals surface area contributed by atoms with Crippen molar-refractivity contribution in [2.45, 2.75) is 26.2 Å². The maximum absolute atomic E-state index is 11.4. The van der Waals surface area contributed by atoms with Crippen molar-refractivity contribution in [2.24, 2.45) is 17.3 Å². The Bertz CT molecular complexity index is 285. The Hall–Kier alpha value is -0.830. The summed E-state index contributed by atoms with van der Waals surface area (Å²) in [4.78, 5) is 11.4. The summed E-state index contributed by atoms with van der Waals surface area (Å²) in [5, 5.41) is 9.40. The van der Waals surface area contributed by atoms with Gasteiger partial charge in [-0.3, -0.25) is 4.79 Å². The van der Waals surface area contributed by atoms with Gasteiger partial charge in [0, 0.05) is 13.2 Å². The molecule has 84 valence electrons. The van der Waals surface area contributed by atoms with Crippen LogP contribution in [0, 0.1) is 17.3 Å². The number of hydrogen-bond donors (Lipinski definition) is 1. The van der Waals surface area contributed by atoms with E-state index in [2.05, 4.69) is 12.2 Å². The lowest BCUT2D eigenvalue weighted by Crippen LogP contribution is -2.36. The van der Waals surface area contributed by atoms with Gasteiger partial charge in [-0.05, 0) is 38.0 Å². The second-order valence-corrected chi connectivity index (χ2v) is 4.60. The van der Waals surface area contributed by atoms with Gasteiger partial charge in [0.1, 0.15) is 0 Å². The van der Waals surface area contributed by atoms with E-state index in [0.29, 0.717) is 25.6 Å². The van der Waals surface area contributed by atoms with Crippen LogP contribution in [0.15, 0.2) is 12.2 Å². The summed E-state index contributed by atoms with van der Waals surface area (Å²) >= 11 is 0. The van der Waals surface area contributed by atoms with Crippen LogP contribution in [-0.4, -0.2) is 24.3 Å². The first kappa shape index (κ1) is 10.7. The number of rotatable bonds is 5. The van der Waals surface area contributed by atoms with Crippen molar-refractivity contribution in [1.29, 1.82) is 0 Å². The summed E-state index contributed by atoms with van der Waals surface area (Å²) in [7, 11) is 0. The van der Waals surface area contributed by atoms with Crippen molar-refractivity contribution < 1.29 is 14.6 Å². The van der Waals surface area contributed by atoms with Gasteiger partial charge < -0.3 is 9.84 Å². The average Bonchev–Trinajstić information content (AvgIpc) is 2.78. The standard InChI is InChI=1S/C12H18O3/c1-2-15-6-5-12(11(13)14)8-9-3-4-10(12)7-9/h3-4,9-10H,2,5-8H2,1H3,(H,13,14). The Morgan fingerprint density at radius 2 is 2.40 bits per heavy atom. The fourth-order valence-corrected chi connectivity index (χ4v) is 2.99. The SMILES string of the molecule is CCOCCC1(C(=O)O)CC2C=CC1C2. The minimum absolute atomic E-state index is 0.237. The molecular formula is C12H18O3. The summed E-state index contributed by atoms with van der Waals surface area (Å²) in [5.74, 6) is 0.0900. The molecule has 0 aliphatic heterocycles. The zero-order chi connectivity index (χ0) is 10.9. The lowest BCUT2D eigenvalue weighted by Gasteiger charge is -2.30. The predicted molar refractivity (Wildman–Crippen MR) is 56.5 cm³/mol. The minimum Gasteiger partial charge on any atom is -0.481 e. The molecule has 15 heavy (non-hydrogen) atoms. The van der Waals surface area contributed by atoms with E-state index in [0.717, 1.165) is 12.8 Å². The smallest absolute Gasteiger partial charge is 0.310 e. The predicted octanol–water partition coefficient (Wildman–Crippen LogP) is 2.08. The van der Waals surface area contributed by atoms with Gasteiger partial charge >= 0.3 is 5.97 Å². The molecule has 1 N–H and O–H groups in total. The van der Waals surface area contributed by atoms with Gasteiger partial charge in [-0.25, -0.2) is 0 Å². The molecule has 0 saturated heterocycles. The van der Waals surface area contributed by atoms with Gasteiger partial charge in [-0.15, -0.1) is 0 Å². The summed E-state index contributed by atoms with van der Waals surface area (Å²) in [6.07, 6.45) is 6.75. The lowest BCUT2D eigenvalue weighted by atomic mass is 9.73. The summed E-state index contributed by atoms with van der Waals surface area (Å²) in [6, 6.07) is 0. The normalized spacial score (nSPS) is 37.4. The molecule has 2 aliphatic carbocycles. The highest BCUT2D eigenvalue weighted by Gasteiger charge is 2.53. The Balaban J connectivity index is 2.06. The third-order valence-corrected chi connectivity index (χ3v) is 3.83. The van der Waals surface area contributed by atoms with E-state index in [9.17, 15) is 9.90 Å². The molecule has 1 fully saturated rings. The molecule has 0 aromatic carbocycles. The number of hydrogen-bond acceptors (Lipinski definition) is 2. The number of carboxylic acid groups (broad SMARTS) is 1. The van der Waals surface area contributed by atoms with Crippen LogP contribution in [-0.2, 0) is 9.53 Å². The highest BCUT2D eigenvalue weighted by Crippen LogP contribution is 2.54. The van der Waals surface area contributed by atoms with Crippen molar-refractivity contribution in [3.63, 3.8) is 0 Å². The van der Waals surface area contributed by atoms with Gasteiger partial charge in [-0.1, -0.05) is 12.2 Å². The van der Waals surface area contributed by atoms with E-state index in [1.165, 1.54) is 0 Å². The van der Waals surface area contributed by atoms with Gasteiger partial charge in [0.15, 0.2) is 0 Å². The summed E-state index contributed by atoms with van der Waals surface area (Å²) < 4.78 is 5.29. The molecule has 0 spiro atoms. The highest BCUT2D eigenvalue weighted by atomic mass is 16.5. The molecule has 3 heteroatoms. The number of allylic oxidation sites excluding steroid dienone is 2. The van der Waals surface area contributed by atoms with Crippen LogP contribution in [0.5, 0.6) is 0 Å². The number of carbonyl (C=O) groups is 1. The van der Waals surface area contributed by atoms with Crippen LogP contribution < -0.4 is 0 Å². The molecule has 0 aromatic heterocycles. The molecule has 2 rings (SSSR count). The summed E-state index contributed by atoms with van der Waals surface area (Å²) in [5.41, 5.74) is -0.533. The van der Waals surface area contributed by atoms with Gasteiger partial charge in [0.2, 0.25) is 0 Å². The monoisotopic (exact) mass is 210 g/mol. The van der Waals surface area contributed by atoms with Crippen molar-refractivity contribution in [1.82, 2.24) is 0 Å². The van der Waals surface area contributed by atoms with Gasteiger partial charge in [0.25, 0.3) is 0 Å². The van der Waals surface area contributed by atoms with E-state index < -0.39 is 11.4 Å². The Morgan fingerprint density at radius 1 is 1.60 bits per heavy atom. The molecular weight excluding hydrogens is 192 g/mol. The van der Waals surface area contributed by atoms with Crippen LogP contribution in [0.2, 0.25) is 0 Å². The number of aliphatic carboxylic acids is 1. The second-order valence-electron chi connectivity index (χ2n) is 4.60. The molecule has 0 amide bonds. The third kappa shape index (κ3) is 1.69. The largest absolute Gasteiger partial charge is 0.481 e. The fourth-order valence-electron chi connectivity index (χ4n) is 2.99. The van der Waals surface area contributed by atoms with Crippen LogP contribution >= 0.6 is 0 Å². The Kier molecular flexibility index (Phi) is 2.83. The first-order chi connectivity index (χ1) is 7.19. The topological polar surface area (TPSA) is 46.5 Å². The Morgan fingerprint density at radius 3 is 2.87 bits per heavy atom. The van der Waals surface area contributed by atoms with Crippen molar-refractivity contribution in [3.8, 4) is 0 Å². The van der Waals surface area contributed by atoms with E-state index in [1.807, 2.05) is 6.92 Å². The molecule has 3 unspecified atom stereocenters. The van der Waals surface area contributed by atoms with Crippen LogP contribution in [0.25, 0.3) is 0 Å². The molecule has 0 radical (unpaired) electrons. The van der Waals surface area contributed by atoms with Gasteiger partial charge in [-0.2, -0.15) is 0 Å². The fraction of sp³-hybridized carbons (Fsp3) is 0.750. The second kappa shape index (κ2) is 3.97. The summed E-state index contributed by atoms with van der Waals surface area (Å²) in [6.45, 7) is 3.17. The van der Waals surface area contributed by atoms with Crippen molar-refractivity contribution in [2.75, 3.05) is 13.2 Å². The van der Waals surface area contributed by atoms with Gasteiger partial charge in [0.05, 0.1) is 5.41 Å². The zero-order valence-corrected chi connectivity index (χ0v) is 9.11. The minimum atomic E-state index is -0.640. The highest BCUT2D eigenvalue weighted by molar-refractivity contribution is 5.76. The van der Waals surface area contributed by atoms with E-state index in [-0.39, 0.29) is 5.92 Å². The van der Waals surface area contributed by atoms with Crippen LogP contribution in [0.1, 0.15) is 26.2 Å². The maximum Gasteiger partial charge on any atom is 0.310 e. The number of fused-ring (bicyclic) bond motifs is 2. The third-order valence-electron chi connectivity index (χ3n) is 3.83. The van der Waals surface area contributed by atoms with E-state index in [1.54, 1.807) is 0 Å². The Labute approximate surface area is 90.1 Å². The molecule has 3 nitrogen and oxygen atoms in total. The quantitative estimate of drug-likeness (QED) is 0.558. The van der Waals surface area contributed by atoms with Crippen molar-refractivity contribution in [3.05, 3.63) is 12.2 Å². The molecule has 0 heterocycles. The molecule has 0 aromatic rings. The number of ether oxygens (including phenoxy) is 1. The maximum atomic E-state index is 11.4. The van der Waals surface area contributed by atoms with E-state index >= 15 is 0 Å². The van der Waals surface area contributed by atoms with Crippen LogP contribution in [0.3, 0.4) is 0 Å². The average molecular weight is 210 g/mol.